The van der Waals surface area contributed by atoms with E-state index < -0.39 is 0 Å². The van der Waals surface area contributed by atoms with Crippen molar-refractivity contribution in [1.82, 2.24) is 5.32 Å². The van der Waals surface area contributed by atoms with Crippen LogP contribution in [-0.4, -0.2) is 5.91 Å². The molecule has 2 aromatic carbocycles. The molecule has 110 valence electrons. The van der Waals surface area contributed by atoms with Gasteiger partial charge in [-0.3, -0.25) is 4.79 Å². The summed E-state index contributed by atoms with van der Waals surface area (Å²) in [7, 11) is 0. The summed E-state index contributed by atoms with van der Waals surface area (Å²) in [5.41, 5.74) is 2.56. The van der Waals surface area contributed by atoms with Crippen LogP contribution in [0.5, 0.6) is 0 Å². The van der Waals surface area contributed by atoms with Crippen LogP contribution in [0, 0.1) is 12.7 Å². The van der Waals surface area contributed by atoms with Gasteiger partial charge in [0.1, 0.15) is 5.82 Å². The van der Waals surface area contributed by atoms with E-state index in [9.17, 15) is 9.18 Å². The second kappa shape index (κ2) is 7.23. The maximum atomic E-state index is 13.1. The molecule has 0 spiro atoms. The van der Waals surface area contributed by atoms with Crippen LogP contribution in [0.2, 0.25) is 5.02 Å². The topological polar surface area (TPSA) is 29.1 Å². The van der Waals surface area contributed by atoms with Crippen molar-refractivity contribution < 1.29 is 9.18 Å². The van der Waals surface area contributed by atoms with Gasteiger partial charge in [-0.05, 0) is 48.2 Å². The van der Waals surface area contributed by atoms with Crippen molar-refractivity contribution >= 4 is 17.5 Å². The first-order chi connectivity index (χ1) is 10.0. The number of rotatable bonds is 5. The Balaban J connectivity index is 1.79. The summed E-state index contributed by atoms with van der Waals surface area (Å²) in [5.74, 6) is -0.250. The van der Waals surface area contributed by atoms with E-state index >= 15 is 0 Å². The number of hydrogen-bond donors (Lipinski definition) is 1. The summed E-state index contributed by atoms with van der Waals surface area (Å²) in [4.78, 5) is 11.8. The standard InChI is InChI=1S/C17H17ClFNO/c1-12-10-14(4-8-16(12)19)11-20-17(21)9-5-13-2-6-15(18)7-3-13/h2-4,6-8,10H,5,9,11H2,1H3,(H,20,21). The third-order valence-electron chi connectivity index (χ3n) is 3.27. The second-order valence-electron chi connectivity index (χ2n) is 4.99. The molecule has 4 heteroatoms. The van der Waals surface area contributed by atoms with Crippen molar-refractivity contribution in [1.29, 1.82) is 0 Å². The fraction of sp³-hybridized carbons (Fsp3) is 0.235. The number of halogens is 2. The van der Waals surface area contributed by atoms with Gasteiger partial charge in [0.2, 0.25) is 5.91 Å². The van der Waals surface area contributed by atoms with E-state index in [2.05, 4.69) is 5.32 Å². The molecule has 0 atom stereocenters. The lowest BCUT2D eigenvalue weighted by molar-refractivity contribution is -0.121. The zero-order chi connectivity index (χ0) is 15.2. The van der Waals surface area contributed by atoms with E-state index in [-0.39, 0.29) is 11.7 Å². The molecule has 0 aliphatic heterocycles. The molecule has 0 heterocycles. The summed E-state index contributed by atoms with van der Waals surface area (Å²) in [6.45, 7) is 2.13. The summed E-state index contributed by atoms with van der Waals surface area (Å²) < 4.78 is 13.1. The average Bonchev–Trinajstić information content (AvgIpc) is 2.48. The Morgan fingerprint density at radius 1 is 1.14 bits per heavy atom. The highest BCUT2D eigenvalue weighted by Crippen LogP contribution is 2.11. The molecule has 21 heavy (non-hydrogen) atoms. The van der Waals surface area contributed by atoms with Crippen LogP contribution in [0.3, 0.4) is 0 Å². The minimum absolute atomic E-state index is 0.0214. The van der Waals surface area contributed by atoms with Crippen molar-refractivity contribution in [3.05, 3.63) is 70.0 Å². The van der Waals surface area contributed by atoms with Crippen LogP contribution in [0.15, 0.2) is 42.5 Å². The van der Waals surface area contributed by atoms with Crippen molar-refractivity contribution in [3.63, 3.8) is 0 Å². The van der Waals surface area contributed by atoms with E-state index in [0.717, 1.165) is 11.1 Å². The first kappa shape index (κ1) is 15.5. The van der Waals surface area contributed by atoms with Crippen molar-refractivity contribution in [2.24, 2.45) is 0 Å². The molecule has 0 fully saturated rings. The van der Waals surface area contributed by atoms with Gasteiger partial charge in [0, 0.05) is 18.0 Å². The van der Waals surface area contributed by atoms with E-state index in [1.54, 1.807) is 19.1 Å². The average molecular weight is 306 g/mol. The smallest absolute Gasteiger partial charge is 0.220 e. The molecule has 0 aliphatic carbocycles. The third kappa shape index (κ3) is 4.87. The van der Waals surface area contributed by atoms with Crippen LogP contribution >= 0.6 is 11.6 Å². The molecular formula is C17H17ClFNO. The van der Waals surface area contributed by atoms with Gasteiger partial charge in [-0.15, -0.1) is 0 Å². The monoisotopic (exact) mass is 305 g/mol. The van der Waals surface area contributed by atoms with Crippen molar-refractivity contribution in [2.45, 2.75) is 26.3 Å². The summed E-state index contributed by atoms with van der Waals surface area (Å²) in [6, 6.07) is 12.3. The number of carbonyl (C=O) groups excluding carboxylic acids is 1. The Hall–Kier alpha value is -1.87. The quantitative estimate of drug-likeness (QED) is 0.887. The Morgan fingerprint density at radius 2 is 1.81 bits per heavy atom. The predicted octanol–water partition coefficient (Wildman–Crippen LogP) is 4.04. The van der Waals surface area contributed by atoms with Crippen LogP contribution < -0.4 is 5.32 Å². The van der Waals surface area contributed by atoms with E-state index in [4.69, 9.17) is 11.6 Å². The minimum atomic E-state index is -0.229. The number of amides is 1. The summed E-state index contributed by atoms with van der Waals surface area (Å²) >= 11 is 5.81. The first-order valence-electron chi connectivity index (χ1n) is 6.81. The molecule has 0 radical (unpaired) electrons. The van der Waals surface area contributed by atoms with Crippen molar-refractivity contribution in [3.8, 4) is 0 Å². The van der Waals surface area contributed by atoms with Crippen LogP contribution in [0.4, 0.5) is 4.39 Å². The second-order valence-corrected chi connectivity index (χ2v) is 5.42. The number of benzene rings is 2. The molecule has 0 saturated carbocycles. The number of hydrogen-bond acceptors (Lipinski definition) is 1. The van der Waals surface area contributed by atoms with Gasteiger partial charge in [-0.1, -0.05) is 35.9 Å². The Kier molecular flexibility index (Phi) is 5.34. The third-order valence-corrected chi connectivity index (χ3v) is 3.52. The molecule has 2 aromatic rings. The number of aryl methyl sites for hydroxylation is 2. The van der Waals surface area contributed by atoms with Crippen molar-refractivity contribution in [2.75, 3.05) is 0 Å². The molecule has 2 nitrogen and oxygen atoms in total. The SMILES string of the molecule is Cc1cc(CNC(=O)CCc2ccc(Cl)cc2)ccc1F. The molecule has 0 saturated heterocycles. The van der Waals surface area contributed by atoms with Gasteiger partial charge in [-0.25, -0.2) is 4.39 Å². The van der Waals surface area contributed by atoms with E-state index in [1.165, 1.54) is 6.07 Å². The lowest BCUT2D eigenvalue weighted by atomic mass is 10.1. The Labute approximate surface area is 128 Å². The van der Waals surface area contributed by atoms with Crippen LogP contribution in [-0.2, 0) is 17.8 Å². The summed E-state index contributed by atoms with van der Waals surface area (Å²) in [5, 5.41) is 3.53. The number of carbonyl (C=O) groups is 1. The van der Waals surface area contributed by atoms with Gasteiger partial charge >= 0.3 is 0 Å². The normalized spacial score (nSPS) is 10.4. The molecule has 0 bridgehead atoms. The van der Waals surface area contributed by atoms with Gasteiger partial charge < -0.3 is 5.32 Å². The number of nitrogens with one attached hydrogen (secondary N) is 1. The summed E-state index contributed by atoms with van der Waals surface area (Å²) in [6.07, 6.45) is 1.09. The lowest BCUT2D eigenvalue weighted by Gasteiger charge is -2.07. The largest absolute Gasteiger partial charge is 0.352 e. The highest BCUT2D eigenvalue weighted by molar-refractivity contribution is 6.30. The van der Waals surface area contributed by atoms with Gasteiger partial charge in [0.15, 0.2) is 0 Å². The molecule has 0 aliphatic rings. The Morgan fingerprint density at radius 3 is 2.48 bits per heavy atom. The molecule has 0 unspecified atom stereocenters. The molecule has 1 N–H and O–H groups in total. The zero-order valence-electron chi connectivity index (χ0n) is 11.8. The molecular weight excluding hydrogens is 289 g/mol. The van der Waals surface area contributed by atoms with Gasteiger partial charge in [-0.2, -0.15) is 0 Å². The highest BCUT2D eigenvalue weighted by Gasteiger charge is 2.04. The van der Waals surface area contributed by atoms with Gasteiger partial charge in [0.25, 0.3) is 0 Å². The Bertz CT molecular complexity index is 625. The fourth-order valence-electron chi connectivity index (χ4n) is 2.01. The van der Waals surface area contributed by atoms with E-state index in [0.29, 0.717) is 30.0 Å². The van der Waals surface area contributed by atoms with Gasteiger partial charge in [0.05, 0.1) is 0 Å². The van der Waals surface area contributed by atoms with Crippen LogP contribution in [0.25, 0.3) is 0 Å². The maximum absolute atomic E-state index is 13.1. The fourth-order valence-corrected chi connectivity index (χ4v) is 2.14. The maximum Gasteiger partial charge on any atom is 0.220 e. The lowest BCUT2D eigenvalue weighted by Crippen LogP contribution is -2.23. The van der Waals surface area contributed by atoms with E-state index in [1.807, 2.05) is 24.3 Å². The van der Waals surface area contributed by atoms with Crippen LogP contribution in [0.1, 0.15) is 23.1 Å². The zero-order valence-corrected chi connectivity index (χ0v) is 12.6. The molecule has 1 amide bonds. The first-order valence-corrected chi connectivity index (χ1v) is 7.18. The molecule has 0 aromatic heterocycles. The highest BCUT2D eigenvalue weighted by atomic mass is 35.5. The minimum Gasteiger partial charge on any atom is -0.352 e. The predicted molar refractivity (Wildman–Crippen MR) is 82.8 cm³/mol. The molecule has 2 rings (SSSR count).